The summed E-state index contributed by atoms with van der Waals surface area (Å²) in [5, 5.41) is 9.28. The van der Waals surface area contributed by atoms with Crippen LogP contribution in [0.4, 0.5) is 0 Å². The molecule has 0 aromatic rings. The van der Waals surface area contributed by atoms with Gasteiger partial charge in [0.15, 0.2) is 0 Å². The lowest BCUT2D eigenvalue weighted by Crippen LogP contribution is -2.53. The summed E-state index contributed by atoms with van der Waals surface area (Å²) in [7, 11) is 0. The van der Waals surface area contributed by atoms with E-state index in [0.29, 0.717) is 0 Å². The molecule has 1 aliphatic heterocycles. The molecule has 1 rings (SSSR count). The number of rotatable bonds is 12. The molecule has 0 saturated heterocycles. The van der Waals surface area contributed by atoms with Gasteiger partial charge in [-0.3, -0.25) is 4.48 Å². The topological polar surface area (TPSA) is 32.6 Å². The third-order valence-electron chi connectivity index (χ3n) is 4.72. The number of nitrogens with zero attached hydrogens (tertiary/aromatic N) is 2. The molecule has 0 aromatic heterocycles. The van der Waals surface area contributed by atoms with Crippen molar-refractivity contribution in [3.05, 3.63) is 12.2 Å². The molecule has 0 spiro atoms. The standard InChI is InChI=1S/C18H35N2O/c1-3-5-6-7-8-9-10-11-12-13-18-19-14-15-20(18,4-2)16-17-21/h12-14,18,21H,3-11,15-17H2,1-2H3/q+1/b13-12+. The lowest BCUT2D eigenvalue weighted by molar-refractivity contribution is -0.929. The van der Waals surface area contributed by atoms with Crippen LogP contribution in [0.2, 0.25) is 0 Å². The average Bonchev–Trinajstić information content (AvgIpc) is 2.89. The van der Waals surface area contributed by atoms with Crippen molar-refractivity contribution >= 4 is 6.21 Å². The van der Waals surface area contributed by atoms with Gasteiger partial charge in [0.05, 0.1) is 19.4 Å². The molecule has 21 heavy (non-hydrogen) atoms. The second-order valence-electron chi connectivity index (χ2n) is 6.25. The Morgan fingerprint density at radius 3 is 2.52 bits per heavy atom. The van der Waals surface area contributed by atoms with E-state index in [1.807, 2.05) is 6.21 Å². The minimum Gasteiger partial charge on any atom is -0.391 e. The Hall–Kier alpha value is -0.670. The van der Waals surface area contributed by atoms with E-state index in [1.165, 1.54) is 51.4 Å². The van der Waals surface area contributed by atoms with Gasteiger partial charge in [-0.25, -0.2) is 4.99 Å². The van der Waals surface area contributed by atoms with Gasteiger partial charge in [0, 0.05) is 0 Å². The van der Waals surface area contributed by atoms with Crippen LogP contribution in [0, 0.1) is 0 Å². The van der Waals surface area contributed by atoms with Crippen molar-refractivity contribution in [1.29, 1.82) is 0 Å². The monoisotopic (exact) mass is 295 g/mol. The van der Waals surface area contributed by atoms with Crippen molar-refractivity contribution in [3.63, 3.8) is 0 Å². The second kappa shape index (κ2) is 11.0. The summed E-state index contributed by atoms with van der Waals surface area (Å²) in [6.45, 7) is 7.52. The Morgan fingerprint density at radius 2 is 1.86 bits per heavy atom. The third-order valence-corrected chi connectivity index (χ3v) is 4.72. The summed E-state index contributed by atoms with van der Waals surface area (Å²) in [5.41, 5.74) is 0. The second-order valence-corrected chi connectivity index (χ2v) is 6.25. The smallest absolute Gasteiger partial charge is 0.202 e. The van der Waals surface area contributed by atoms with Crippen LogP contribution in [0.1, 0.15) is 65.2 Å². The number of quaternary nitrogens is 1. The summed E-state index contributed by atoms with van der Waals surface area (Å²) in [6, 6.07) is 0. The lowest BCUT2D eigenvalue weighted by atomic mass is 10.1. The van der Waals surface area contributed by atoms with Gasteiger partial charge < -0.3 is 5.11 Å². The van der Waals surface area contributed by atoms with Crippen LogP contribution < -0.4 is 0 Å². The Labute approximate surface area is 131 Å². The summed E-state index contributed by atoms with van der Waals surface area (Å²) >= 11 is 0. The number of aliphatic hydroxyl groups excluding tert-OH is 1. The van der Waals surface area contributed by atoms with Gasteiger partial charge in [-0.2, -0.15) is 0 Å². The molecule has 0 amide bonds. The molecule has 0 fully saturated rings. The number of aliphatic imine (C=N–C) groups is 1. The van der Waals surface area contributed by atoms with Gasteiger partial charge in [-0.05, 0) is 25.8 Å². The van der Waals surface area contributed by atoms with Gasteiger partial charge >= 0.3 is 0 Å². The maximum atomic E-state index is 9.28. The summed E-state index contributed by atoms with van der Waals surface area (Å²) in [4.78, 5) is 4.60. The molecule has 0 bridgehead atoms. The van der Waals surface area contributed by atoms with Gasteiger partial charge in [-0.1, -0.05) is 51.5 Å². The molecule has 1 N–H and O–H groups in total. The van der Waals surface area contributed by atoms with Gasteiger partial charge in [0.2, 0.25) is 6.17 Å². The third kappa shape index (κ3) is 6.31. The molecule has 3 heteroatoms. The zero-order valence-corrected chi connectivity index (χ0v) is 14.1. The fourth-order valence-electron chi connectivity index (χ4n) is 3.13. The van der Waals surface area contributed by atoms with Crippen LogP contribution in [0.25, 0.3) is 0 Å². The van der Waals surface area contributed by atoms with E-state index >= 15 is 0 Å². The van der Waals surface area contributed by atoms with Crippen LogP contribution in [-0.2, 0) is 0 Å². The first-order chi connectivity index (χ1) is 10.3. The van der Waals surface area contributed by atoms with Crippen LogP contribution in [-0.4, -0.2) is 48.2 Å². The predicted octanol–water partition coefficient (Wildman–Crippen LogP) is 3.92. The van der Waals surface area contributed by atoms with E-state index in [4.69, 9.17) is 0 Å². The van der Waals surface area contributed by atoms with Crippen molar-refractivity contribution in [1.82, 2.24) is 0 Å². The molecule has 0 aromatic carbocycles. The lowest BCUT2D eigenvalue weighted by Gasteiger charge is -2.36. The molecular weight excluding hydrogens is 260 g/mol. The Bertz CT molecular complexity index is 314. The summed E-state index contributed by atoms with van der Waals surface area (Å²) < 4.78 is 0.893. The fraction of sp³-hybridized carbons (Fsp3) is 0.833. The van der Waals surface area contributed by atoms with Crippen LogP contribution in [0.15, 0.2) is 17.1 Å². The number of aliphatic hydroxyl groups is 1. The number of hydrogen-bond donors (Lipinski definition) is 1. The number of likely N-dealkylation sites (N-methyl/N-ethyl adjacent to an activating group) is 1. The average molecular weight is 295 g/mol. The molecule has 1 aliphatic rings. The highest BCUT2D eigenvalue weighted by Crippen LogP contribution is 2.20. The number of hydrogen-bond acceptors (Lipinski definition) is 2. The fourth-order valence-corrected chi connectivity index (χ4v) is 3.13. The van der Waals surface area contributed by atoms with Gasteiger partial charge in [0.25, 0.3) is 0 Å². The van der Waals surface area contributed by atoms with Crippen molar-refractivity contribution in [3.8, 4) is 0 Å². The normalized spacial score (nSPS) is 25.2. The summed E-state index contributed by atoms with van der Waals surface area (Å²) in [5.74, 6) is 0. The van der Waals surface area contributed by atoms with Crippen LogP contribution in [0.5, 0.6) is 0 Å². The Kier molecular flexibility index (Phi) is 9.60. The first-order valence-corrected chi connectivity index (χ1v) is 8.94. The SMILES string of the molecule is CCCCCCCCC/C=C/C1N=CC[N+]1(CC)CCO. The quantitative estimate of drug-likeness (QED) is 0.330. The largest absolute Gasteiger partial charge is 0.391 e. The maximum absolute atomic E-state index is 9.28. The van der Waals surface area contributed by atoms with Crippen LogP contribution >= 0.6 is 0 Å². The minimum absolute atomic E-state index is 0.228. The molecule has 0 radical (unpaired) electrons. The Morgan fingerprint density at radius 1 is 1.14 bits per heavy atom. The highest BCUT2D eigenvalue weighted by molar-refractivity contribution is 5.60. The maximum Gasteiger partial charge on any atom is 0.202 e. The molecule has 2 unspecified atom stereocenters. The van der Waals surface area contributed by atoms with E-state index in [9.17, 15) is 5.11 Å². The molecule has 122 valence electrons. The van der Waals surface area contributed by atoms with Crippen molar-refractivity contribution in [2.75, 3.05) is 26.2 Å². The van der Waals surface area contributed by atoms with Gasteiger partial charge in [0.1, 0.15) is 13.1 Å². The zero-order chi connectivity index (χ0) is 15.4. The molecule has 2 atom stereocenters. The molecule has 0 saturated carbocycles. The van der Waals surface area contributed by atoms with E-state index in [2.05, 4.69) is 31.0 Å². The summed E-state index contributed by atoms with van der Waals surface area (Å²) in [6.07, 6.45) is 17.6. The van der Waals surface area contributed by atoms with Crippen molar-refractivity contribution in [2.24, 2.45) is 4.99 Å². The first-order valence-electron chi connectivity index (χ1n) is 8.94. The first kappa shape index (κ1) is 18.4. The predicted molar refractivity (Wildman–Crippen MR) is 91.7 cm³/mol. The van der Waals surface area contributed by atoms with Crippen LogP contribution in [0.3, 0.4) is 0 Å². The zero-order valence-electron chi connectivity index (χ0n) is 14.1. The number of unbranched alkanes of at least 4 members (excludes halogenated alkanes) is 7. The van der Waals surface area contributed by atoms with Gasteiger partial charge in [-0.15, -0.1) is 0 Å². The van der Waals surface area contributed by atoms with E-state index < -0.39 is 0 Å². The highest BCUT2D eigenvalue weighted by atomic mass is 16.3. The molecule has 3 nitrogen and oxygen atoms in total. The molecular formula is C18H35N2O+. The van der Waals surface area contributed by atoms with Crippen molar-refractivity contribution in [2.45, 2.75) is 71.4 Å². The number of allylic oxidation sites excluding steroid dienone is 1. The highest BCUT2D eigenvalue weighted by Gasteiger charge is 2.35. The Balaban J connectivity index is 2.18. The minimum atomic E-state index is 0.228. The molecule has 0 aliphatic carbocycles. The van der Waals surface area contributed by atoms with E-state index in [1.54, 1.807) is 0 Å². The van der Waals surface area contributed by atoms with E-state index in [0.717, 1.165) is 24.1 Å². The molecule has 1 heterocycles. The van der Waals surface area contributed by atoms with E-state index in [-0.39, 0.29) is 12.8 Å². The van der Waals surface area contributed by atoms with Crippen molar-refractivity contribution < 1.29 is 9.59 Å².